The quantitative estimate of drug-likeness (QED) is 0.750. The van der Waals surface area contributed by atoms with Crippen LogP contribution in [0.2, 0.25) is 0 Å². The molecule has 1 aliphatic rings. The van der Waals surface area contributed by atoms with Gasteiger partial charge in [0, 0.05) is 6.42 Å². The van der Waals surface area contributed by atoms with Crippen molar-refractivity contribution in [2.75, 3.05) is 19.8 Å². The summed E-state index contributed by atoms with van der Waals surface area (Å²) in [6.07, 6.45) is -0.564. The van der Waals surface area contributed by atoms with Crippen LogP contribution in [0.1, 0.15) is 41.0 Å². The second kappa shape index (κ2) is 7.20. The minimum absolute atomic E-state index is 0.0939. The average molecular weight is 323 g/mol. The van der Waals surface area contributed by atoms with E-state index in [0.29, 0.717) is 0 Å². The number of hydroxylamine groups is 2. The second-order valence-corrected chi connectivity index (χ2v) is 8.17. The first-order valence-electron chi connectivity index (χ1n) is 7.20. The van der Waals surface area contributed by atoms with Crippen molar-refractivity contribution < 1.29 is 28.4 Å². The maximum atomic E-state index is 12.8. The van der Waals surface area contributed by atoms with Gasteiger partial charge in [0.25, 0.3) is 0 Å². The van der Waals surface area contributed by atoms with Crippen molar-refractivity contribution in [3.05, 3.63) is 0 Å². The number of rotatable bonds is 6. The summed E-state index contributed by atoms with van der Waals surface area (Å²) in [6, 6.07) is 0. The summed E-state index contributed by atoms with van der Waals surface area (Å²) in [5.41, 5.74) is -0.695. The Morgan fingerprint density at radius 1 is 1.29 bits per heavy atom. The molecule has 0 bridgehead atoms. The summed E-state index contributed by atoms with van der Waals surface area (Å²) < 4.78 is 23.4. The predicted octanol–water partition coefficient (Wildman–Crippen LogP) is 2.15. The van der Waals surface area contributed by atoms with Gasteiger partial charge in [0.15, 0.2) is 5.78 Å². The van der Waals surface area contributed by atoms with Crippen LogP contribution in [0.15, 0.2) is 0 Å². The molecular formula is C13H26NO6P. The molecular weight excluding hydrogens is 297 g/mol. The molecule has 1 saturated heterocycles. The van der Waals surface area contributed by atoms with Crippen molar-refractivity contribution in [2.24, 2.45) is 5.41 Å². The van der Waals surface area contributed by atoms with Crippen molar-refractivity contribution in [1.82, 2.24) is 5.06 Å². The molecule has 0 aromatic rings. The Kier molecular flexibility index (Phi) is 6.37. The topological polar surface area (TPSA) is 85.3 Å². The van der Waals surface area contributed by atoms with Crippen LogP contribution in [0.3, 0.4) is 0 Å². The normalized spacial score (nSPS) is 24.3. The van der Waals surface area contributed by atoms with Crippen molar-refractivity contribution in [2.45, 2.75) is 52.9 Å². The van der Waals surface area contributed by atoms with Gasteiger partial charge in [-0.1, -0.05) is 0 Å². The molecule has 0 amide bonds. The maximum Gasteiger partial charge on any atom is 0.351 e. The summed E-state index contributed by atoms with van der Waals surface area (Å²) in [7, 11) is -3.48. The monoisotopic (exact) mass is 323 g/mol. The second-order valence-electron chi connectivity index (χ2n) is 5.97. The number of nitrogens with zero attached hydrogens (tertiary/aromatic N) is 1. The molecule has 1 aliphatic heterocycles. The fraction of sp³-hybridized carbons (Fsp3) is 0.923. The number of hydrogen-bond acceptors (Lipinski definition) is 7. The zero-order valence-electron chi connectivity index (χ0n) is 13.4. The van der Waals surface area contributed by atoms with E-state index in [2.05, 4.69) is 0 Å². The Morgan fingerprint density at radius 3 is 2.24 bits per heavy atom. The van der Waals surface area contributed by atoms with Gasteiger partial charge in [0.05, 0.1) is 31.3 Å². The Morgan fingerprint density at radius 2 is 1.81 bits per heavy atom. The summed E-state index contributed by atoms with van der Waals surface area (Å²) in [6.45, 7) is 9.11. The SMILES string of the molecule is CCOP(=O)(OCC)C1CC(O)CN1OC(=O)C(C)(C)C. The van der Waals surface area contributed by atoms with Crippen molar-refractivity contribution in [3.8, 4) is 0 Å². The van der Waals surface area contributed by atoms with Crippen LogP contribution in [-0.2, 0) is 23.2 Å². The van der Waals surface area contributed by atoms with E-state index in [4.69, 9.17) is 13.9 Å². The highest BCUT2D eigenvalue weighted by atomic mass is 31.2. The highest BCUT2D eigenvalue weighted by Gasteiger charge is 2.48. The van der Waals surface area contributed by atoms with Crippen LogP contribution in [0.5, 0.6) is 0 Å². The van der Waals surface area contributed by atoms with E-state index in [0.717, 1.165) is 0 Å². The van der Waals surface area contributed by atoms with Crippen LogP contribution in [0, 0.1) is 5.41 Å². The van der Waals surface area contributed by atoms with E-state index in [9.17, 15) is 14.5 Å². The minimum atomic E-state index is -3.48. The number of hydrogen-bond donors (Lipinski definition) is 1. The third kappa shape index (κ3) is 4.76. The lowest BCUT2D eigenvalue weighted by atomic mass is 9.98. The molecule has 0 spiro atoms. The van der Waals surface area contributed by atoms with E-state index >= 15 is 0 Å². The molecule has 124 valence electrons. The van der Waals surface area contributed by atoms with Gasteiger partial charge in [-0.05, 0) is 34.6 Å². The van der Waals surface area contributed by atoms with E-state index in [1.807, 2.05) is 0 Å². The molecule has 2 atom stereocenters. The predicted molar refractivity (Wildman–Crippen MR) is 77.5 cm³/mol. The lowest BCUT2D eigenvalue weighted by Gasteiger charge is -2.30. The molecule has 1 N–H and O–H groups in total. The Labute approximate surface area is 126 Å². The summed E-state index contributed by atoms with van der Waals surface area (Å²) in [5.74, 6) is -1.24. The van der Waals surface area contributed by atoms with Gasteiger partial charge in [-0.25, -0.2) is 4.79 Å². The van der Waals surface area contributed by atoms with Gasteiger partial charge in [-0.2, -0.15) is 0 Å². The molecule has 7 nitrogen and oxygen atoms in total. The molecule has 1 heterocycles. The van der Waals surface area contributed by atoms with Gasteiger partial charge in [-0.3, -0.25) is 4.57 Å². The number of β-amino-alcohol motifs (C(OH)–C–C–N with tert-alkyl or cyclic N) is 1. The largest absolute Gasteiger partial charge is 0.392 e. The average Bonchev–Trinajstić information content (AvgIpc) is 2.70. The number of carbonyl (C=O) groups excluding carboxylic acids is 1. The third-order valence-corrected chi connectivity index (χ3v) is 5.44. The molecule has 1 rings (SSSR count). The molecule has 21 heavy (non-hydrogen) atoms. The van der Waals surface area contributed by atoms with E-state index < -0.39 is 30.9 Å². The minimum Gasteiger partial charge on any atom is -0.392 e. The van der Waals surface area contributed by atoms with E-state index in [-0.39, 0.29) is 26.2 Å². The molecule has 0 aromatic heterocycles. The summed E-state index contributed by atoms with van der Waals surface area (Å²) in [4.78, 5) is 17.3. The molecule has 1 fully saturated rings. The van der Waals surface area contributed by atoms with Crippen LogP contribution in [0.25, 0.3) is 0 Å². The van der Waals surface area contributed by atoms with Crippen molar-refractivity contribution in [1.29, 1.82) is 0 Å². The summed E-state index contributed by atoms with van der Waals surface area (Å²) in [5, 5.41) is 11.1. The Hall–Kier alpha value is -0.460. The molecule has 0 radical (unpaired) electrons. The fourth-order valence-corrected chi connectivity index (χ4v) is 4.06. The van der Waals surface area contributed by atoms with Gasteiger partial charge in [0.2, 0.25) is 0 Å². The summed E-state index contributed by atoms with van der Waals surface area (Å²) >= 11 is 0. The first kappa shape index (κ1) is 18.6. The van der Waals surface area contributed by atoms with Crippen LogP contribution >= 0.6 is 7.60 Å². The highest BCUT2D eigenvalue weighted by molar-refractivity contribution is 7.54. The van der Waals surface area contributed by atoms with Crippen LogP contribution in [0.4, 0.5) is 0 Å². The maximum absolute atomic E-state index is 12.8. The van der Waals surface area contributed by atoms with Crippen LogP contribution < -0.4 is 0 Å². The molecule has 0 aliphatic carbocycles. The smallest absolute Gasteiger partial charge is 0.351 e. The van der Waals surface area contributed by atoms with Crippen molar-refractivity contribution in [3.63, 3.8) is 0 Å². The molecule has 0 aromatic carbocycles. The van der Waals surface area contributed by atoms with Gasteiger partial charge < -0.3 is 19.0 Å². The third-order valence-electron chi connectivity index (χ3n) is 3.00. The zero-order valence-corrected chi connectivity index (χ0v) is 14.3. The lowest BCUT2D eigenvalue weighted by Crippen LogP contribution is -2.37. The lowest BCUT2D eigenvalue weighted by molar-refractivity contribution is -0.200. The Balaban J connectivity index is 2.92. The highest BCUT2D eigenvalue weighted by Crippen LogP contribution is 2.57. The van der Waals surface area contributed by atoms with Gasteiger partial charge in [0.1, 0.15) is 0 Å². The van der Waals surface area contributed by atoms with Gasteiger partial charge in [-0.15, -0.1) is 5.06 Å². The van der Waals surface area contributed by atoms with Gasteiger partial charge >= 0.3 is 13.6 Å². The first-order valence-corrected chi connectivity index (χ1v) is 8.81. The zero-order chi connectivity index (χ0) is 16.3. The van der Waals surface area contributed by atoms with Crippen molar-refractivity contribution >= 4 is 13.6 Å². The van der Waals surface area contributed by atoms with E-state index in [1.54, 1.807) is 34.6 Å². The fourth-order valence-electron chi connectivity index (χ4n) is 1.96. The molecule has 2 unspecified atom stereocenters. The van der Waals surface area contributed by atoms with E-state index in [1.165, 1.54) is 5.06 Å². The molecule has 0 saturated carbocycles. The van der Waals surface area contributed by atoms with Crippen LogP contribution in [-0.4, -0.2) is 47.8 Å². The molecule has 8 heteroatoms. The first-order chi connectivity index (χ1) is 9.64. The standard InChI is InChI=1S/C13H26NO6P/c1-6-18-21(17,19-7-2)11-8-10(15)9-14(11)20-12(16)13(3,4)5/h10-11,15H,6-9H2,1-5H3. The number of aliphatic hydroxyl groups is 1. The number of carbonyl (C=O) groups is 1. The Bertz CT molecular complexity index is 398. The number of aliphatic hydroxyl groups excluding tert-OH is 1.